The largest absolute Gasteiger partial charge is 0.460 e. The third-order valence-electron chi connectivity index (χ3n) is 13.0. The molecule has 414 valence electrons. The molecule has 0 saturated carbocycles. The van der Waals surface area contributed by atoms with Crippen LogP contribution in [-0.2, 0) is 42.9 Å². The summed E-state index contributed by atoms with van der Waals surface area (Å²) in [6.45, 7) is 8.00. The van der Waals surface area contributed by atoms with Gasteiger partial charge in [-0.05, 0) is 86.6 Å². The van der Waals surface area contributed by atoms with Crippen molar-refractivity contribution in [3.63, 3.8) is 0 Å². The lowest BCUT2D eigenvalue weighted by Gasteiger charge is -2.37. The number of esters is 1. The highest BCUT2D eigenvalue weighted by Gasteiger charge is 2.42. The Kier molecular flexibility index (Phi) is 21.9. The van der Waals surface area contributed by atoms with Crippen LogP contribution in [0.5, 0.6) is 0 Å². The van der Waals surface area contributed by atoms with Gasteiger partial charge in [0.05, 0.1) is 29.1 Å². The van der Waals surface area contributed by atoms with Gasteiger partial charge in [-0.2, -0.15) is 0 Å². The number of thioether (sulfide) groups is 2. The van der Waals surface area contributed by atoms with E-state index < -0.39 is 80.9 Å². The number of likely N-dealkylation sites (N-methyl/N-ethyl adjacent to an activating group) is 1. The van der Waals surface area contributed by atoms with Gasteiger partial charge >= 0.3 is 12.1 Å². The predicted molar refractivity (Wildman–Crippen MR) is 314 cm³/mol. The molecule has 6 aromatic rings. The monoisotopic (exact) mass is 1100 g/mol. The summed E-state index contributed by atoms with van der Waals surface area (Å²) < 4.78 is 8.85. The topological polar surface area (TPSA) is 180 Å². The molecule has 79 heavy (non-hydrogen) atoms. The number of allylic oxidation sites excluding steroid dienone is 1. The van der Waals surface area contributed by atoms with E-state index in [1.54, 1.807) is 38.6 Å². The highest BCUT2D eigenvalue weighted by molar-refractivity contribution is 8.00. The Hall–Kier alpha value is -7.46. The van der Waals surface area contributed by atoms with Crippen LogP contribution in [0.3, 0.4) is 0 Å². The van der Waals surface area contributed by atoms with Crippen LogP contribution in [0.1, 0.15) is 93.7 Å². The van der Waals surface area contributed by atoms with Gasteiger partial charge in [0, 0.05) is 19.2 Å². The molecule has 0 saturated heterocycles. The number of nitrogens with one attached hydrogen (secondary N) is 3. The molecule has 0 aliphatic rings. The first-order chi connectivity index (χ1) is 37.8. The molecule has 6 aromatic carbocycles. The van der Waals surface area contributed by atoms with Gasteiger partial charge in [0.15, 0.2) is 0 Å². The maximum Gasteiger partial charge on any atom is 0.416 e. The lowest BCUT2D eigenvalue weighted by atomic mass is 9.84. The van der Waals surface area contributed by atoms with Crippen LogP contribution in [0.4, 0.5) is 4.79 Å². The van der Waals surface area contributed by atoms with E-state index in [2.05, 4.69) is 52.3 Å². The zero-order chi connectivity index (χ0) is 57.1. The van der Waals surface area contributed by atoms with Crippen LogP contribution in [0.2, 0.25) is 0 Å². The van der Waals surface area contributed by atoms with Gasteiger partial charge in [-0.3, -0.25) is 24.0 Å². The molecule has 0 aliphatic carbocycles. The Morgan fingerprint density at radius 1 is 0.582 bits per heavy atom. The maximum atomic E-state index is 14.8. The van der Waals surface area contributed by atoms with E-state index in [9.17, 15) is 33.9 Å². The summed E-state index contributed by atoms with van der Waals surface area (Å²) >= 11 is 3.14. The van der Waals surface area contributed by atoms with Crippen LogP contribution in [0, 0.1) is 0 Å². The fourth-order valence-electron chi connectivity index (χ4n) is 9.26. The quantitative estimate of drug-likeness (QED) is 0.0185. The highest BCUT2D eigenvalue weighted by Crippen LogP contribution is 2.50. The maximum absolute atomic E-state index is 14.8. The number of hydrogen-bond donors (Lipinski definition) is 4. The average Bonchev–Trinajstić information content (AvgIpc) is 3.53. The van der Waals surface area contributed by atoms with E-state index in [0.717, 1.165) is 45.4 Å². The minimum absolute atomic E-state index is 0.0922. The van der Waals surface area contributed by atoms with Crippen LogP contribution in [-0.4, -0.2) is 101 Å². The Morgan fingerprint density at radius 2 is 0.987 bits per heavy atom. The Bertz CT molecular complexity index is 2770. The summed E-state index contributed by atoms with van der Waals surface area (Å²) in [5, 5.41) is 19.6. The second kappa shape index (κ2) is 28.4. The van der Waals surface area contributed by atoms with Crippen molar-refractivity contribution in [2.75, 3.05) is 25.7 Å². The first-order valence-electron chi connectivity index (χ1n) is 26.3. The SMILES string of the molecule is COC(=O)N(C)C(=O)C(C)(C)NC(=O)[C@@H](CSC(c1ccccc1)(c1ccccc1)c1ccccc1)NC(=O)[C@@H](CCC(=O)OC(C)(C)C)NC(=O)C[C@H](O)/C=C/CCSC(c1ccccc1)(c1ccccc1)c1ccccc1. The number of carbonyl (C=O) groups is 6. The number of carbonyl (C=O) groups excluding carboxylic acids is 6. The lowest BCUT2D eigenvalue weighted by Crippen LogP contribution is -2.61. The van der Waals surface area contributed by atoms with Crippen LogP contribution < -0.4 is 16.0 Å². The summed E-state index contributed by atoms with van der Waals surface area (Å²) in [5.74, 6) is -3.10. The van der Waals surface area contributed by atoms with E-state index in [1.807, 2.05) is 152 Å². The van der Waals surface area contributed by atoms with Gasteiger partial charge in [-0.25, -0.2) is 9.69 Å². The first-order valence-corrected chi connectivity index (χ1v) is 28.2. The Balaban J connectivity index is 1.25. The number of hydrogen-bond acceptors (Lipinski definition) is 11. The molecule has 0 unspecified atom stereocenters. The Labute approximate surface area is 473 Å². The fourth-order valence-corrected chi connectivity index (χ4v) is 12.3. The van der Waals surface area contributed by atoms with Crippen molar-refractivity contribution in [3.8, 4) is 0 Å². The molecule has 4 N–H and O–H groups in total. The number of aliphatic hydroxyl groups is 1. The summed E-state index contributed by atoms with van der Waals surface area (Å²) in [6, 6.07) is 57.4. The van der Waals surface area contributed by atoms with Crippen molar-refractivity contribution in [1.82, 2.24) is 20.9 Å². The first kappa shape index (κ1) is 60.8. The molecule has 6 rings (SSSR count). The third-order valence-corrected chi connectivity index (χ3v) is 16.2. The van der Waals surface area contributed by atoms with Crippen molar-refractivity contribution in [2.24, 2.45) is 0 Å². The average molecular weight is 1110 g/mol. The van der Waals surface area contributed by atoms with Crippen LogP contribution in [0.25, 0.3) is 0 Å². The zero-order valence-electron chi connectivity index (χ0n) is 45.9. The number of amides is 5. The van der Waals surface area contributed by atoms with Gasteiger partial charge < -0.3 is 30.5 Å². The van der Waals surface area contributed by atoms with Gasteiger partial charge in [0.1, 0.15) is 23.2 Å². The van der Waals surface area contributed by atoms with Crippen LogP contribution in [0.15, 0.2) is 194 Å². The van der Waals surface area contributed by atoms with E-state index >= 15 is 0 Å². The third kappa shape index (κ3) is 16.3. The minimum Gasteiger partial charge on any atom is -0.460 e. The van der Waals surface area contributed by atoms with Crippen molar-refractivity contribution in [1.29, 1.82) is 0 Å². The summed E-state index contributed by atoms with van der Waals surface area (Å²) in [6.07, 6.45) is 0.850. The van der Waals surface area contributed by atoms with E-state index in [-0.39, 0.29) is 18.6 Å². The second-order valence-corrected chi connectivity index (χ2v) is 23.0. The molecule has 0 aliphatic heterocycles. The fraction of sp³-hybridized carbons (Fsp3) is 0.312. The van der Waals surface area contributed by atoms with Crippen molar-refractivity contribution >= 4 is 59.2 Å². The van der Waals surface area contributed by atoms with Gasteiger partial charge in [0.2, 0.25) is 17.7 Å². The van der Waals surface area contributed by atoms with Crippen molar-refractivity contribution < 1.29 is 43.3 Å². The molecule has 0 radical (unpaired) electrons. The van der Waals surface area contributed by atoms with Crippen LogP contribution >= 0.6 is 23.5 Å². The predicted octanol–water partition coefficient (Wildman–Crippen LogP) is 10.3. The number of benzene rings is 6. The molecule has 0 fully saturated rings. The molecule has 0 bridgehead atoms. The molecular weight excluding hydrogens is 1030 g/mol. The lowest BCUT2D eigenvalue weighted by molar-refractivity contribution is -0.155. The number of methoxy groups -OCH3 is 1. The van der Waals surface area contributed by atoms with E-state index in [4.69, 9.17) is 9.47 Å². The number of imide groups is 1. The molecule has 3 atom stereocenters. The number of rotatable bonds is 25. The molecule has 0 spiro atoms. The van der Waals surface area contributed by atoms with E-state index in [1.165, 1.54) is 32.7 Å². The van der Waals surface area contributed by atoms with Crippen molar-refractivity contribution in [3.05, 3.63) is 228 Å². The molecule has 0 aromatic heterocycles. The number of nitrogens with zero attached hydrogens (tertiary/aromatic N) is 1. The smallest absolute Gasteiger partial charge is 0.416 e. The highest BCUT2D eigenvalue weighted by atomic mass is 32.2. The summed E-state index contributed by atoms with van der Waals surface area (Å²) in [4.78, 5) is 83.6. The van der Waals surface area contributed by atoms with E-state index in [0.29, 0.717) is 12.2 Å². The summed E-state index contributed by atoms with van der Waals surface area (Å²) in [7, 11) is 2.36. The number of ether oxygens (including phenoxy) is 2. The molecule has 15 heteroatoms. The van der Waals surface area contributed by atoms with Gasteiger partial charge in [0.25, 0.3) is 5.91 Å². The molecule has 5 amide bonds. The van der Waals surface area contributed by atoms with Crippen molar-refractivity contribution in [2.45, 2.75) is 99.1 Å². The zero-order valence-corrected chi connectivity index (χ0v) is 47.6. The minimum atomic E-state index is -1.69. The second-order valence-electron chi connectivity index (χ2n) is 20.5. The molecule has 0 heterocycles. The summed E-state index contributed by atoms with van der Waals surface area (Å²) in [5.41, 5.74) is 3.48. The Morgan fingerprint density at radius 3 is 1.38 bits per heavy atom. The number of aliphatic hydroxyl groups excluding tert-OH is 1. The normalized spacial score (nSPS) is 13.1. The van der Waals surface area contributed by atoms with Gasteiger partial charge in [-0.15, -0.1) is 23.5 Å². The molecular formula is C64H72N4O9S2. The van der Waals surface area contributed by atoms with Gasteiger partial charge in [-0.1, -0.05) is 194 Å². The molecule has 13 nitrogen and oxygen atoms in total. The standard InChI is InChI=1S/C64H72N4O9S2/c1-61(2,3)77-56(71)42-41-53(65-55(70)44-52(69)40-26-27-43-78-63(46-28-14-8-15-29-46,47-30-16-9-17-31-47)48-32-18-10-19-33-48)57(72)66-54(58(73)67-62(4,5)59(74)68(6)60(75)76-7)45-79-64(49-34-20-11-21-35-49,50-36-22-12-23-37-50)51-38-24-13-25-39-51/h8-26,28-40,52-54,69H,27,41-45H2,1-7H3,(H,65,70)(H,66,72)(H,67,73)/b40-26+/t52-,53-,54-/m1/s1.